The number of rotatable bonds is 2. The van der Waals surface area contributed by atoms with Crippen LogP contribution in [0.1, 0.15) is 0 Å². The molecule has 0 saturated heterocycles. The lowest BCUT2D eigenvalue weighted by Gasteiger charge is -2.07. The van der Waals surface area contributed by atoms with Crippen molar-refractivity contribution in [3.8, 4) is 11.6 Å². The van der Waals surface area contributed by atoms with Crippen molar-refractivity contribution in [2.75, 3.05) is 6.26 Å². The molecule has 1 radical (unpaired) electrons. The maximum absolute atomic E-state index is 13.2. The molecular formula is C18H11N6O2S. The van der Waals surface area contributed by atoms with Gasteiger partial charge >= 0.3 is 0 Å². The lowest BCUT2D eigenvalue weighted by atomic mass is 10.2. The van der Waals surface area contributed by atoms with Gasteiger partial charge in [0.2, 0.25) is 0 Å². The van der Waals surface area contributed by atoms with E-state index in [9.17, 15) is 9.90 Å². The van der Waals surface area contributed by atoms with E-state index in [4.69, 9.17) is 0 Å². The summed E-state index contributed by atoms with van der Waals surface area (Å²) in [7, 11) is 0. The van der Waals surface area contributed by atoms with Crippen LogP contribution in [0.25, 0.3) is 33.4 Å². The monoisotopic (exact) mass is 375 g/mol. The standard InChI is InChI=1S/C18H11N6O2S/c1-27-18-20-9-10-15(22-18)21-16-14-11(5-4-6-12(14)25)23(24(16)17(10)26)13-7-2-3-8-19-13/h2-9H,1H3. The van der Waals surface area contributed by atoms with E-state index >= 15 is 0 Å². The lowest BCUT2D eigenvalue weighted by molar-refractivity contribution is 0.360. The molecule has 0 aliphatic rings. The molecule has 0 aliphatic carbocycles. The molecule has 5 rings (SSSR count). The summed E-state index contributed by atoms with van der Waals surface area (Å²) in [6.45, 7) is 0. The summed E-state index contributed by atoms with van der Waals surface area (Å²) in [6, 6.07) is 10.2. The number of nitrogens with zero attached hydrogens (tertiary/aromatic N) is 6. The summed E-state index contributed by atoms with van der Waals surface area (Å²) < 4.78 is 2.96. The maximum Gasteiger partial charge on any atom is 0.284 e. The molecule has 0 fully saturated rings. The van der Waals surface area contributed by atoms with Crippen LogP contribution in [-0.4, -0.2) is 35.4 Å². The third-order valence-corrected chi connectivity index (χ3v) is 4.85. The number of hydrogen-bond donors (Lipinski definition) is 0. The second-order valence-corrected chi connectivity index (χ2v) is 6.57. The Morgan fingerprint density at radius 1 is 1.04 bits per heavy atom. The molecule has 1 aromatic carbocycles. The Hall–Kier alpha value is -3.46. The Balaban J connectivity index is 2.06. The third kappa shape index (κ3) is 2.21. The average molecular weight is 375 g/mol. The van der Waals surface area contributed by atoms with Crippen LogP contribution in [0.5, 0.6) is 5.75 Å². The zero-order valence-electron chi connectivity index (χ0n) is 14.0. The first kappa shape index (κ1) is 15.8. The van der Waals surface area contributed by atoms with Crippen LogP contribution in [-0.2, 0) is 5.11 Å². The highest BCUT2D eigenvalue weighted by molar-refractivity contribution is 7.98. The summed E-state index contributed by atoms with van der Waals surface area (Å²) in [5.74, 6) is 0.290. The molecule has 0 unspecified atom stereocenters. The molecule has 4 heterocycles. The molecule has 0 atom stereocenters. The van der Waals surface area contributed by atoms with Gasteiger partial charge in [0, 0.05) is 12.4 Å². The summed E-state index contributed by atoms with van der Waals surface area (Å²) in [6.07, 6.45) is 4.94. The van der Waals surface area contributed by atoms with E-state index in [1.807, 2.05) is 12.3 Å². The van der Waals surface area contributed by atoms with E-state index in [1.54, 1.807) is 35.1 Å². The zero-order chi connectivity index (χ0) is 18.5. The molecule has 0 bridgehead atoms. The van der Waals surface area contributed by atoms with Gasteiger partial charge in [0.25, 0.3) is 5.56 Å². The molecule has 131 valence electrons. The lowest BCUT2D eigenvalue weighted by Crippen LogP contribution is -2.22. The normalized spacial score (nSPS) is 11.6. The predicted octanol–water partition coefficient (Wildman–Crippen LogP) is 2.84. The van der Waals surface area contributed by atoms with Gasteiger partial charge in [-0.2, -0.15) is 4.52 Å². The molecule has 0 spiro atoms. The van der Waals surface area contributed by atoms with Crippen LogP contribution < -0.4 is 5.56 Å². The minimum absolute atomic E-state index is 0.218. The van der Waals surface area contributed by atoms with Crippen molar-refractivity contribution < 1.29 is 5.11 Å². The molecule has 0 N–H and O–H groups in total. The summed E-state index contributed by atoms with van der Waals surface area (Å²) >= 11 is 1.36. The van der Waals surface area contributed by atoms with Gasteiger partial charge in [-0.3, -0.25) is 9.90 Å². The van der Waals surface area contributed by atoms with Crippen molar-refractivity contribution in [2.24, 2.45) is 0 Å². The summed E-state index contributed by atoms with van der Waals surface area (Å²) in [5, 5.41) is 13.7. The number of pyridine rings is 1. The minimum Gasteiger partial charge on any atom is -0.289 e. The highest BCUT2D eigenvalue weighted by Gasteiger charge is 2.21. The second-order valence-electron chi connectivity index (χ2n) is 5.80. The first-order valence-electron chi connectivity index (χ1n) is 8.04. The molecule has 0 aliphatic heterocycles. The van der Waals surface area contributed by atoms with Crippen LogP contribution in [0, 0.1) is 0 Å². The minimum atomic E-state index is -0.357. The number of hydrogen-bond acceptors (Lipinski definition) is 6. The molecule has 27 heavy (non-hydrogen) atoms. The Kier molecular flexibility index (Phi) is 3.37. The topological polar surface area (TPSA) is 97.9 Å². The Bertz CT molecular complexity index is 1390. The van der Waals surface area contributed by atoms with Crippen molar-refractivity contribution >= 4 is 39.3 Å². The SMILES string of the molecule is CSc1ncc2c(=O)n3c(nc2n1)c1c([O])cccc1n3-c1ccccn1. The van der Waals surface area contributed by atoms with E-state index in [2.05, 4.69) is 19.9 Å². The fourth-order valence-corrected chi connectivity index (χ4v) is 3.47. The first-order valence-corrected chi connectivity index (χ1v) is 9.27. The number of thioether (sulfide) groups is 1. The number of fused-ring (bicyclic) bond motifs is 4. The Labute approximate surface area is 156 Å². The van der Waals surface area contributed by atoms with Crippen LogP contribution >= 0.6 is 11.8 Å². The van der Waals surface area contributed by atoms with Gasteiger partial charge in [0.05, 0.1) is 10.9 Å². The first-order chi connectivity index (χ1) is 13.2. The van der Waals surface area contributed by atoms with Crippen molar-refractivity contribution in [2.45, 2.75) is 5.16 Å². The van der Waals surface area contributed by atoms with Crippen LogP contribution in [0.2, 0.25) is 0 Å². The van der Waals surface area contributed by atoms with E-state index in [1.165, 1.54) is 28.5 Å². The molecule has 5 aromatic rings. The molecule has 8 nitrogen and oxygen atoms in total. The molecule has 4 aromatic heterocycles. The molecule has 9 heteroatoms. The largest absolute Gasteiger partial charge is 0.289 e. The quantitative estimate of drug-likeness (QED) is 0.348. The average Bonchev–Trinajstić information content (AvgIpc) is 3.04. The van der Waals surface area contributed by atoms with Crippen LogP contribution in [0.3, 0.4) is 0 Å². The smallest absolute Gasteiger partial charge is 0.284 e. The van der Waals surface area contributed by atoms with Crippen molar-refractivity contribution in [3.05, 3.63) is 59.1 Å². The van der Waals surface area contributed by atoms with Gasteiger partial charge in [-0.15, -0.1) is 0 Å². The van der Waals surface area contributed by atoms with E-state index in [0.29, 0.717) is 21.9 Å². The van der Waals surface area contributed by atoms with Crippen molar-refractivity contribution in [1.82, 2.24) is 29.1 Å². The third-order valence-electron chi connectivity index (χ3n) is 4.29. The zero-order valence-corrected chi connectivity index (χ0v) is 14.8. The van der Waals surface area contributed by atoms with Crippen LogP contribution in [0.15, 0.2) is 58.7 Å². The number of benzene rings is 1. The number of aromatic nitrogens is 6. The van der Waals surface area contributed by atoms with Crippen LogP contribution in [0.4, 0.5) is 0 Å². The predicted molar refractivity (Wildman–Crippen MR) is 101 cm³/mol. The fourth-order valence-electron chi connectivity index (χ4n) is 3.13. The highest BCUT2D eigenvalue weighted by atomic mass is 32.2. The Morgan fingerprint density at radius 3 is 2.70 bits per heavy atom. The Morgan fingerprint density at radius 2 is 1.93 bits per heavy atom. The van der Waals surface area contributed by atoms with Gasteiger partial charge in [-0.05, 0) is 30.5 Å². The maximum atomic E-state index is 13.2. The van der Waals surface area contributed by atoms with Crippen molar-refractivity contribution in [3.63, 3.8) is 0 Å². The molecule has 0 saturated carbocycles. The van der Waals surface area contributed by atoms with Gasteiger partial charge in [0.15, 0.2) is 28.0 Å². The van der Waals surface area contributed by atoms with Gasteiger partial charge < -0.3 is 0 Å². The van der Waals surface area contributed by atoms with E-state index in [0.717, 1.165) is 0 Å². The molecular weight excluding hydrogens is 364 g/mol. The van der Waals surface area contributed by atoms with Gasteiger partial charge in [0.1, 0.15) is 5.39 Å². The van der Waals surface area contributed by atoms with Gasteiger partial charge in [-0.1, -0.05) is 23.9 Å². The van der Waals surface area contributed by atoms with Gasteiger partial charge in [-0.25, -0.2) is 24.6 Å². The molecule has 0 amide bonds. The van der Waals surface area contributed by atoms with E-state index in [-0.39, 0.29) is 28.0 Å². The van der Waals surface area contributed by atoms with E-state index < -0.39 is 0 Å². The second kappa shape index (κ2) is 5.78. The fraction of sp³-hybridized carbons (Fsp3) is 0.0556. The van der Waals surface area contributed by atoms with Crippen molar-refractivity contribution in [1.29, 1.82) is 0 Å². The summed E-state index contributed by atoms with van der Waals surface area (Å²) in [5.41, 5.74) is 0.718. The summed E-state index contributed by atoms with van der Waals surface area (Å²) in [4.78, 5) is 30.6. The highest BCUT2D eigenvalue weighted by Crippen LogP contribution is 2.31.